The molecule has 2 aromatic heterocycles. The molecular formula is C13H9Cl2N3S. The molecular weight excluding hydrogens is 301 g/mol. The van der Waals surface area contributed by atoms with Gasteiger partial charge < -0.3 is 0 Å². The number of H-pyrrole nitrogens is 1. The summed E-state index contributed by atoms with van der Waals surface area (Å²) < 4.78 is 2.43. The summed E-state index contributed by atoms with van der Waals surface area (Å²) >= 11 is 17.4. The Morgan fingerprint density at radius 1 is 1.21 bits per heavy atom. The largest absolute Gasteiger partial charge is 0.291 e. The molecule has 0 aliphatic carbocycles. The second kappa shape index (κ2) is 4.63. The molecule has 6 heteroatoms. The number of hydrogen-bond donors (Lipinski definition) is 1. The Balaban J connectivity index is 2.26. The number of aryl methyl sites for hydroxylation is 1. The van der Waals surface area contributed by atoms with Crippen LogP contribution in [0.2, 0.25) is 10.0 Å². The minimum atomic E-state index is 0.585. The predicted octanol–water partition coefficient (Wildman–Crippen LogP) is 4.67. The van der Waals surface area contributed by atoms with Crippen molar-refractivity contribution in [3.63, 3.8) is 0 Å². The van der Waals surface area contributed by atoms with Crippen LogP contribution >= 0.6 is 35.4 Å². The van der Waals surface area contributed by atoms with Gasteiger partial charge in [0, 0.05) is 22.3 Å². The highest BCUT2D eigenvalue weighted by molar-refractivity contribution is 7.71. The Labute approximate surface area is 124 Å². The number of nitrogens with one attached hydrogen (secondary N) is 1. The number of halogens is 2. The Bertz CT molecular complexity index is 836. The third-order valence-electron chi connectivity index (χ3n) is 2.80. The first-order valence-corrected chi connectivity index (χ1v) is 6.76. The molecule has 0 aliphatic heterocycles. The maximum Gasteiger partial charge on any atom is 0.155 e. The van der Waals surface area contributed by atoms with Gasteiger partial charge in [0.2, 0.25) is 0 Å². The summed E-state index contributed by atoms with van der Waals surface area (Å²) in [5.74, 6) is 0. The average Bonchev–Trinajstić information content (AvgIpc) is 2.72. The van der Waals surface area contributed by atoms with Crippen LogP contribution in [-0.2, 0) is 0 Å². The molecule has 96 valence electrons. The van der Waals surface area contributed by atoms with Crippen molar-refractivity contribution in [2.45, 2.75) is 6.92 Å². The Kier molecular flexibility index (Phi) is 3.09. The van der Waals surface area contributed by atoms with Gasteiger partial charge in [-0.3, -0.25) is 5.10 Å². The van der Waals surface area contributed by atoms with Crippen LogP contribution in [0, 0.1) is 11.6 Å². The zero-order valence-electron chi connectivity index (χ0n) is 9.95. The van der Waals surface area contributed by atoms with Crippen LogP contribution in [0.5, 0.6) is 0 Å². The summed E-state index contributed by atoms with van der Waals surface area (Å²) in [7, 11) is 0. The minimum absolute atomic E-state index is 0.585. The number of hydrogen-bond acceptors (Lipinski definition) is 2. The fourth-order valence-corrected chi connectivity index (χ4v) is 2.78. The lowest BCUT2D eigenvalue weighted by Crippen LogP contribution is -1.93. The van der Waals surface area contributed by atoms with Crippen molar-refractivity contribution < 1.29 is 0 Å². The third kappa shape index (κ3) is 2.27. The lowest BCUT2D eigenvalue weighted by molar-refractivity contribution is 0.918. The first-order chi connectivity index (χ1) is 9.04. The molecule has 0 aliphatic rings. The van der Waals surface area contributed by atoms with Crippen molar-refractivity contribution in [2.75, 3.05) is 0 Å². The fourth-order valence-electron chi connectivity index (χ4n) is 1.96. The predicted molar refractivity (Wildman–Crippen MR) is 80.6 cm³/mol. The lowest BCUT2D eigenvalue weighted by atomic mass is 10.1. The van der Waals surface area contributed by atoms with E-state index in [0.717, 1.165) is 22.6 Å². The molecule has 0 bridgehead atoms. The molecule has 3 nitrogen and oxygen atoms in total. The van der Waals surface area contributed by atoms with E-state index in [1.165, 1.54) is 0 Å². The summed E-state index contributed by atoms with van der Waals surface area (Å²) in [6.45, 7) is 1.91. The van der Waals surface area contributed by atoms with E-state index in [2.05, 4.69) is 10.1 Å². The van der Waals surface area contributed by atoms with Gasteiger partial charge >= 0.3 is 0 Å². The first kappa shape index (κ1) is 12.7. The highest BCUT2D eigenvalue weighted by Crippen LogP contribution is 2.29. The van der Waals surface area contributed by atoms with E-state index in [1.807, 2.05) is 25.1 Å². The maximum absolute atomic E-state index is 6.20. The number of benzene rings is 1. The first-order valence-electron chi connectivity index (χ1n) is 5.59. The van der Waals surface area contributed by atoms with E-state index in [4.69, 9.17) is 35.4 Å². The van der Waals surface area contributed by atoms with Crippen LogP contribution in [0.3, 0.4) is 0 Å². The number of aromatic nitrogens is 3. The highest BCUT2D eigenvalue weighted by atomic mass is 35.5. The molecule has 1 N–H and O–H groups in total. The van der Waals surface area contributed by atoms with E-state index in [1.54, 1.807) is 16.6 Å². The molecule has 19 heavy (non-hydrogen) atoms. The van der Waals surface area contributed by atoms with Crippen molar-refractivity contribution in [2.24, 2.45) is 0 Å². The smallest absolute Gasteiger partial charge is 0.155 e. The molecule has 0 saturated carbocycles. The van der Waals surface area contributed by atoms with Gasteiger partial charge in [0.15, 0.2) is 5.65 Å². The number of nitrogens with zero attached hydrogens (tertiary/aromatic N) is 2. The van der Waals surface area contributed by atoms with Crippen LogP contribution in [0.1, 0.15) is 5.69 Å². The van der Waals surface area contributed by atoms with Crippen LogP contribution in [0.4, 0.5) is 0 Å². The van der Waals surface area contributed by atoms with Crippen molar-refractivity contribution in [3.8, 4) is 11.3 Å². The lowest BCUT2D eigenvalue weighted by Gasteiger charge is -2.01. The van der Waals surface area contributed by atoms with Gasteiger partial charge in [-0.1, -0.05) is 35.4 Å². The van der Waals surface area contributed by atoms with Gasteiger partial charge in [0.25, 0.3) is 0 Å². The van der Waals surface area contributed by atoms with Gasteiger partial charge in [0.05, 0.1) is 10.7 Å². The topological polar surface area (TPSA) is 33.1 Å². The molecule has 0 amide bonds. The summed E-state index contributed by atoms with van der Waals surface area (Å²) in [6.07, 6.45) is 0. The van der Waals surface area contributed by atoms with Gasteiger partial charge in [-0.25, -0.2) is 9.50 Å². The van der Waals surface area contributed by atoms with E-state index in [-0.39, 0.29) is 0 Å². The SMILES string of the molecule is Cc1cc(=S)n2[nH]c(-c3ccc(Cl)cc3Cl)cc2n1. The highest BCUT2D eigenvalue weighted by Gasteiger charge is 2.09. The third-order valence-corrected chi connectivity index (χ3v) is 3.65. The van der Waals surface area contributed by atoms with E-state index < -0.39 is 0 Å². The molecule has 0 unspecified atom stereocenters. The molecule has 2 heterocycles. The van der Waals surface area contributed by atoms with Crippen LogP contribution in [0.25, 0.3) is 16.9 Å². The van der Waals surface area contributed by atoms with E-state index in [9.17, 15) is 0 Å². The minimum Gasteiger partial charge on any atom is -0.291 e. The summed E-state index contributed by atoms with van der Waals surface area (Å²) in [4.78, 5) is 4.43. The van der Waals surface area contributed by atoms with Gasteiger partial charge in [-0.2, -0.15) is 0 Å². The quantitative estimate of drug-likeness (QED) is 0.662. The second-order valence-electron chi connectivity index (χ2n) is 4.22. The number of fused-ring (bicyclic) bond motifs is 1. The maximum atomic E-state index is 6.20. The second-order valence-corrected chi connectivity index (χ2v) is 5.49. The standard InChI is InChI=1S/C13H9Cl2N3S/c1-7-4-13(19)18-12(16-7)6-11(17-18)9-3-2-8(14)5-10(9)15/h2-6,17H,1H3. The van der Waals surface area contributed by atoms with Crippen LogP contribution < -0.4 is 0 Å². The zero-order valence-corrected chi connectivity index (χ0v) is 12.3. The van der Waals surface area contributed by atoms with Crippen LogP contribution in [0.15, 0.2) is 30.3 Å². The average molecular weight is 310 g/mol. The Morgan fingerprint density at radius 2 is 2.00 bits per heavy atom. The summed E-state index contributed by atoms with van der Waals surface area (Å²) in [5.41, 5.74) is 3.37. The van der Waals surface area contributed by atoms with Gasteiger partial charge in [-0.05, 0) is 31.2 Å². The molecule has 0 spiro atoms. The zero-order chi connectivity index (χ0) is 13.6. The number of aromatic amines is 1. The van der Waals surface area contributed by atoms with Gasteiger partial charge in [0.1, 0.15) is 4.64 Å². The van der Waals surface area contributed by atoms with Crippen molar-refractivity contribution >= 4 is 41.1 Å². The van der Waals surface area contributed by atoms with E-state index in [0.29, 0.717) is 14.7 Å². The summed E-state index contributed by atoms with van der Waals surface area (Å²) in [6, 6.07) is 9.13. The van der Waals surface area contributed by atoms with Crippen molar-refractivity contribution in [1.82, 2.24) is 14.6 Å². The van der Waals surface area contributed by atoms with E-state index >= 15 is 0 Å². The molecule has 0 radical (unpaired) electrons. The number of rotatable bonds is 1. The Morgan fingerprint density at radius 3 is 2.74 bits per heavy atom. The van der Waals surface area contributed by atoms with Gasteiger partial charge in [-0.15, -0.1) is 0 Å². The van der Waals surface area contributed by atoms with Crippen molar-refractivity contribution in [1.29, 1.82) is 0 Å². The van der Waals surface area contributed by atoms with Crippen molar-refractivity contribution in [3.05, 3.63) is 50.7 Å². The monoisotopic (exact) mass is 309 g/mol. The normalized spacial score (nSPS) is 11.1. The molecule has 0 saturated heterocycles. The molecule has 0 atom stereocenters. The summed E-state index contributed by atoms with van der Waals surface area (Å²) in [5, 5.41) is 4.38. The molecule has 1 aromatic carbocycles. The molecule has 3 rings (SSSR count). The molecule has 3 aromatic rings. The van der Waals surface area contributed by atoms with Crippen LogP contribution in [-0.4, -0.2) is 14.6 Å². The molecule has 0 fully saturated rings. The Hall–Kier alpha value is -1.36. The fraction of sp³-hybridized carbons (Fsp3) is 0.0769.